The van der Waals surface area contributed by atoms with E-state index in [0.717, 1.165) is 0 Å². The van der Waals surface area contributed by atoms with Crippen LogP contribution in [0.15, 0.2) is 0 Å². The van der Waals surface area contributed by atoms with Gasteiger partial charge in [-0.1, -0.05) is 15.9 Å². The predicted molar refractivity (Wildman–Crippen MR) is 62.3 cm³/mol. The van der Waals surface area contributed by atoms with Crippen LogP contribution in [0.1, 0.15) is 27.7 Å². The molecule has 0 heterocycles. The quantitative estimate of drug-likeness (QED) is 0.742. The zero-order valence-corrected chi connectivity index (χ0v) is 11.3. The molecule has 0 aliphatic rings. The summed E-state index contributed by atoms with van der Waals surface area (Å²) in [5, 5.41) is 0.256. The van der Waals surface area contributed by atoms with Crippen molar-refractivity contribution in [1.82, 2.24) is 4.90 Å². The van der Waals surface area contributed by atoms with Gasteiger partial charge in [-0.25, -0.2) is 4.79 Å². The van der Waals surface area contributed by atoms with Gasteiger partial charge < -0.3 is 9.64 Å². The van der Waals surface area contributed by atoms with E-state index >= 15 is 0 Å². The van der Waals surface area contributed by atoms with Crippen LogP contribution in [0.25, 0.3) is 0 Å². The molecule has 1 amide bonds. The lowest BCUT2D eigenvalue weighted by Crippen LogP contribution is -2.39. The number of ketones is 1. The number of Topliss-reactive ketones (excluding diaryl/α,β-unsaturated/α-hetero) is 1. The molecule has 0 aliphatic carbocycles. The summed E-state index contributed by atoms with van der Waals surface area (Å²) < 4.78 is 5.16. The molecular weight excluding hydrogens is 262 g/mol. The molecule has 5 heteroatoms. The van der Waals surface area contributed by atoms with Crippen molar-refractivity contribution < 1.29 is 14.3 Å². The van der Waals surface area contributed by atoms with Crippen molar-refractivity contribution in [2.45, 2.75) is 33.3 Å². The summed E-state index contributed by atoms with van der Waals surface area (Å²) in [4.78, 5) is 24.1. The average molecular weight is 280 g/mol. The topological polar surface area (TPSA) is 46.6 Å². The lowest BCUT2D eigenvalue weighted by atomic mass is 10.2. The fourth-order valence-corrected chi connectivity index (χ4v) is 1.06. The number of carbonyl (C=O) groups is 2. The maximum absolute atomic E-state index is 11.6. The summed E-state index contributed by atoms with van der Waals surface area (Å²) in [6.07, 6.45) is -0.445. The van der Waals surface area contributed by atoms with Crippen LogP contribution in [0.2, 0.25) is 0 Å². The monoisotopic (exact) mass is 279 g/mol. The molecule has 0 fully saturated rings. The van der Waals surface area contributed by atoms with Gasteiger partial charge in [0.15, 0.2) is 5.78 Å². The number of alkyl halides is 1. The van der Waals surface area contributed by atoms with Gasteiger partial charge in [-0.2, -0.15) is 0 Å². The van der Waals surface area contributed by atoms with Crippen LogP contribution in [-0.4, -0.2) is 40.8 Å². The molecule has 0 spiro atoms. The van der Waals surface area contributed by atoms with Crippen molar-refractivity contribution in [3.05, 3.63) is 0 Å². The van der Waals surface area contributed by atoms with E-state index in [9.17, 15) is 9.59 Å². The number of carbonyl (C=O) groups excluding carboxylic acids is 2. The van der Waals surface area contributed by atoms with Crippen molar-refractivity contribution >= 4 is 27.8 Å². The molecular formula is C10H18BrNO3. The maximum atomic E-state index is 11.6. The molecule has 0 aromatic carbocycles. The summed E-state index contributed by atoms with van der Waals surface area (Å²) in [6, 6.07) is 0. The van der Waals surface area contributed by atoms with Crippen LogP contribution in [0.5, 0.6) is 0 Å². The third-order valence-electron chi connectivity index (χ3n) is 1.55. The third kappa shape index (κ3) is 6.49. The van der Waals surface area contributed by atoms with Gasteiger partial charge >= 0.3 is 6.09 Å². The van der Waals surface area contributed by atoms with Crippen LogP contribution >= 0.6 is 15.9 Å². The highest BCUT2D eigenvalue weighted by molar-refractivity contribution is 9.09. The first kappa shape index (κ1) is 14.4. The number of nitrogens with zero attached hydrogens (tertiary/aromatic N) is 1. The minimum absolute atomic E-state index is 0.0392. The summed E-state index contributed by atoms with van der Waals surface area (Å²) in [5.41, 5.74) is -0.526. The van der Waals surface area contributed by atoms with Gasteiger partial charge in [0.2, 0.25) is 0 Å². The highest BCUT2D eigenvalue weighted by Crippen LogP contribution is 2.09. The third-order valence-corrected chi connectivity index (χ3v) is 2.18. The Morgan fingerprint density at radius 3 is 2.20 bits per heavy atom. The Balaban J connectivity index is 4.29. The summed E-state index contributed by atoms with van der Waals surface area (Å²) >= 11 is 3.05. The normalized spacial score (nSPS) is 11.0. The number of likely N-dealkylation sites (N-methyl/N-ethyl adjacent to an activating group) is 1. The molecule has 0 aromatic rings. The highest BCUT2D eigenvalue weighted by atomic mass is 79.9. The van der Waals surface area contributed by atoms with Crippen LogP contribution in [0.4, 0.5) is 4.79 Å². The van der Waals surface area contributed by atoms with Crippen LogP contribution in [0, 0.1) is 0 Å². The lowest BCUT2D eigenvalue weighted by Gasteiger charge is -2.25. The van der Waals surface area contributed by atoms with E-state index < -0.39 is 11.7 Å². The number of amides is 1. The summed E-state index contributed by atoms with van der Waals surface area (Å²) in [5.74, 6) is -0.0392. The minimum Gasteiger partial charge on any atom is -0.444 e. The first-order chi connectivity index (χ1) is 6.80. The maximum Gasteiger partial charge on any atom is 0.410 e. The predicted octanol–water partition coefficient (Wildman–Crippen LogP) is 2.21. The highest BCUT2D eigenvalue weighted by Gasteiger charge is 2.22. The lowest BCUT2D eigenvalue weighted by molar-refractivity contribution is -0.117. The van der Waals surface area contributed by atoms with Gasteiger partial charge in [-0.15, -0.1) is 0 Å². The molecule has 0 aromatic heterocycles. The number of hydrogen-bond donors (Lipinski definition) is 0. The molecule has 15 heavy (non-hydrogen) atoms. The van der Waals surface area contributed by atoms with E-state index in [4.69, 9.17) is 4.74 Å². The Morgan fingerprint density at radius 1 is 1.33 bits per heavy atom. The van der Waals surface area contributed by atoms with E-state index in [1.165, 1.54) is 4.90 Å². The first-order valence-electron chi connectivity index (χ1n) is 4.85. The van der Waals surface area contributed by atoms with Gasteiger partial charge in [0.05, 0.1) is 11.9 Å². The average Bonchev–Trinajstić information content (AvgIpc) is 2.10. The van der Waals surface area contributed by atoms with Gasteiger partial charge in [0.25, 0.3) is 0 Å². The van der Waals surface area contributed by atoms with Crippen molar-refractivity contribution in [1.29, 1.82) is 0 Å². The molecule has 0 atom stereocenters. The number of hydrogen-bond acceptors (Lipinski definition) is 3. The molecule has 0 N–H and O–H groups in total. The molecule has 0 saturated carbocycles. The van der Waals surface area contributed by atoms with Crippen LogP contribution < -0.4 is 0 Å². The van der Waals surface area contributed by atoms with Crippen molar-refractivity contribution in [2.24, 2.45) is 0 Å². The van der Waals surface area contributed by atoms with Gasteiger partial charge in [-0.3, -0.25) is 4.79 Å². The fraction of sp³-hybridized carbons (Fsp3) is 0.800. The second-order valence-electron chi connectivity index (χ2n) is 4.17. The number of ether oxygens (including phenoxy) is 1. The summed E-state index contributed by atoms with van der Waals surface area (Å²) in [6.45, 7) is 7.76. The molecule has 88 valence electrons. The summed E-state index contributed by atoms with van der Waals surface area (Å²) in [7, 11) is 0. The molecule has 4 nitrogen and oxygen atoms in total. The molecule has 0 rings (SSSR count). The largest absolute Gasteiger partial charge is 0.444 e. The molecule has 0 radical (unpaired) electrons. The SMILES string of the molecule is CCN(CC(=O)CBr)C(=O)OC(C)(C)C. The Kier molecular flexibility index (Phi) is 5.87. The second-order valence-corrected chi connectivity index (χ2v) is 4.73. The van der Waals surface area contributed by atoms with E-state index in [1.807, 2.05) is 6.92 Å². The fourth-order valence-electron chi connectivity index (χ4n) is 0.887. The van der Waals surface area contributed by atoms with Crippen LogP contribution in [0.3, 0.4) is 0 Å². The standard InChI is InChI=1S/C10H18BrNO3/c1-5-12(7-8(13)6-11)9(14)15-10(2,3)4/h5-7H2,1-4H3. The molecule has 0 bridgehead atoms. The smallest absolute Gasteiger partial charge is 0.410 e. The Morgan fingerprint density at radius 2 is 1.87 bits per heavy atom. The van der Waals surface area contributed by atoms with E-state index in [2.05, 4.69) is 15.9 Å². The molecule has 0 unspecified atom stereocenters. The number of rotatable bonds is 4. The minimum atomic E-state index is -0.526. The van der Waals surface area contributed by atoms with Crippen molar-refractivity contribution in [3.8, 4) is 0 Å². The number of halogens is 1. The Hall–Kier alpha value is -0.580. The van der Waals surface area contributed by atoms with Crippen molar-refractivity contribution in [2.75, 3.05) is 18.4 Å². The Bertz CT molecular complexity index is 235. The first-order valence-corrected chi connectivity index (χ1v) is 5.98. The van der Waals surface area contributed by atoms with E-state index in [0.29, 0.717) is 6.54 Å². The second kappa shape index (κ2) is 6.10. The van der Waals surface area contributed by atoms with Crippen LogP contribution in [-0.2, 0) is 9.53 Å². The zero-order valence-electron chi connectivity index (χ0n) is 9.67. The van der Waals surface area contributed by atoms with Gasteiger partial charge in [0.1, 0.15) is 5.60 Å². The van der Waals surface area contributed by atoms with Gasteiger partial charge in [-0.05, 0) is 27.7 Å². The van der Waals surface area contributed by atoms with E-state index in [1.54, 1.807) is 20.8 Å². The van der Waals surface area contributed by atoms with Gasteiger partial charge in [0, 0.05) is 6.54 Å². The molecule has 0 aliphatic heterocycles. The van der Waals surface area contributed by atoms with E-state index in [-0.39, 0.29) is 17.7 Å². The van der Waals surface area contributed by atoms with Crippen molar-refractivity contribution in [3.63, 3.8) is 0 Å². The molecule has 0 saturated heterocycles. The Labute approximate surface area is 99.1 Å². The zero-order chi connectivity index (χ0) is 12.1.